The molecule has 1 aromatic rings. The van der Waals surface area contributed by atoms with Gasteiger partial charge in [-0.2, -0.15) is 5.10 Å². The second-order valence-electron chi connectivity index (χ2n) is 3.15. The van der Waals surface area contributed by atoms with Crippen LogP contribution in [0.4, 0.5) is 5.69 Å². The molecule has 15 heavy (non-hydrogen) atoms. The van der Waals surface area contributed by atoms with Crippen molar-refractivity contribution in [2.75, 3.05) is 0 Å². The van der Waals surface area contributed by atoms with E-state index in [1.165, 1.54) is 0 Å². The minimum atomic E-state index is -0.621. The van der Waals surface area contributed by atoms with E-state index < -0.39 is 10.8 Å². The molecule has 0 unspecified atom stereocenters. The van der Waals surface area contributed by atoms with E-state index in [9.17, 15) is 14.9 Å². The molecule has 1 rings (SSSR count). The van der Waals surface area contributed by atoms with Gasteiger partial charge in [-0.15, -0.1) is 0 Å². The average Bonchev–Trinajstić information content (AvgIpc) is 2.47. The van der Waals surface area contributed by atoms with Crippen LogP contribution in [-0.4, -0.2) is 21.0 Å². The van der Waals surface area contributed by atoms with Crippen molar-refractivity contribution in [2.45, 2.75) is 26.2 Å². The van der Waals surface area contributed by atoms with E-state index in [0.29, 0.717) is 12.1 Å². The maximum Gasteiger partial charge on any atom is 0.313 e. The van der Waals surface area contributed by atoms with E-state index in [0.717, 1.165) is 6.42 Å². The number of primary amides is 1. The molecule has 3 N–H and O–H groups in total. The second-order valence-corrected chi connectivity index (χ2v) is 3.15. The van der Waals surface area contributed by atoms with Gasteiger partial charge in [-0.3, -0.25) is 20.0 Å². The van der Waals surface area contributed by atoms with Crippen LogP contribution < -0.4 is 5.73 Å². The highest BCUT2D eigenvalue weighted by atomic mass is 16.6. The first kappa shape index (κ1) is 11.2. The van der Waals surface area contributed by atoms with Crippen LogP contribution in [0, 0.1) is 10.1 Å². The highest BCUT2D eigenvalue weighted by Crippen LogP contribution is 2.22. The first-order chi connectivity index (χ1) is 7.06. The molecule has 7 nitrogen and oxygen atoms in total. The molecular weight excluding hydrogens is 200 g/mol. The molecule has 1 amide bonds. The Morgan fingerprint density at radius 1 is 1.67 bits per heavy atom. The largest absolute Gasteiger partial charge is 0.369 e. The summed E-state index contributed by atoms with van der Waals surface area (Å²) in [7, 11) is 0. The Balaban J connectivity index is 3.06. The van der Waals surface area contributed by atoms with Gasteiger partial charge in [0.1, 0.15) is 11.4 Å². The Morgan fingerprint density at radius 2 is 2.33 bits per heavy atom. The summed E-state index contributed by atoms with van der Waals surface area (Å²) in [5.41, 5.74) is 5.40. The third-order valence-electron chi connectivity index (χ3n) is 1.91. The van der Waals surface area contributed by atoms with Gasteiger partial charge in [0.2, 0.25) is 5.91 Å². The van der Waals surface area contributed by atoms with Crippen LogP contribution in [0.25, 0.3) is 0 Å². The lowest BCUT2D eigenvalue weighted by atomic mass is 10.2. The molecule has 0 aliphatic heterocycles. The van der Waals surface area contributed by atoms with Crippen molar-refractivity contribution >= 4 is 11.6 Å². The van der Waals surface area contributed by atoms with Gasteiger partial charge in [0, 0.05) is 0 Å². The second kappa shape index (κ2) is 4.54. The molecule has 0 fully saturated rings. The van der Waals surface area contributed by atoms with Crippen LogP contribution in [-0.2, 0) is 17.6 Å². The fourth-order valence-electron chi connectivity index (χ4n) is 1.34. The summed E-state index contributed by atoms with van der Waals surface area (Å²) in [6.07, 6.45) is 1.07. The number of nitrogens with zero attached hydrogens (tertiary/aromatic N) is 2. The number of H-pyrrole nitrogens is 1. The van der Waals surface area contributed by atoms with Crippen molar-refractivity contribution in [1.82, 2.24) is 10.2 Å². The molecule has 1 aromatic heterocycles. The van der Waals surface area contributed by atoms with Crippen LogP contribution in [0.1, 0.15) is 24.7 Å². The van der Waals surface area contributed by atoms with Gasteiger partial charge in [0.25, 0.3) is 0 Å². The molecule has 0 radical (unpaired) electrons. The van der Waals surface area contributed by atoms with Gasteiger partial charge in [-0.25, -0.2) is 0 Å². The Labute approximate surface area is 85.8 Å². The van der Waals surface area contributed by atoms with Crippen molar-refractivity contribution in [2.24, 2.45) is 5.73 Å². The lowest BCUT2D eigenvalue weighted by molar-refractivity contribution is -0.386. The minimum Gasteiger partial charge on any atom is -0.369 e. The van der Waals surface area contributed by atoms with E-state index in [1.807, 2.05) is 6.92 Å². The number of aryl methyl sites for hydroxylation is 1. The predicted molar refractivity (Wildman–Crippen MR) is 52.1 cm³/mol. The fourth-order valence-corrected chi connectivity index (χ4v) is 1.34. The van der Waals surface area contributed by atoms with Crippen molar-refractivity contribution in [3.8, 4) is 0 Å². The van der Waals surface area contributed by atoms with E-state index in [4.69, 9.17) is 5.73 Å². The zero-order valence-corrected chi connectivity index (χ0v) is 8.32. The summed E-state index contributed by atoms with van der Waals surface area (Å²) >= 11 is 0. The van der Waals surface area contributed by atoms with Gasteiger partial charge in [-0.05, 0) is 6.42 Å². The number of nitrogens with one attached hydrogen (secondary N) is 1. The van der Waals surface area contributed by atoms with Crippen LogP contribution >= 0.6 is 0 Å². The van der Waals surface area contributed by atoms with Crippen LogP contribution in [0.2, 0.25) is 0 Å². The number of nitro groups is 1. The van der Waals surface area contributed by atoms with Crippen molar-refractivity contribution in [1.29, 1.82) is 0 Å². The number of aromatic amines is 1. The van der Waals surface area contributed by atoms with E-state index in [-0.39, 0.29) is 17.8 Å². The summed E-state index contributed by atoms with van der Waals surface area (Å²) < 4.78 is 0. The number of hydrogen-bond acceptors (Lipinski definition) is 4. The molecule has 0 saturated carbocycles. The minimum absolute atomic E-state index is 0.115. The molecular formula is C8H12N4O3. The summed E-state index contributed by atoms with van der Waals surface area (Å²) in [5.74, 6) is -0.621. The lowest BCUT2D eigenvalue weighted by Gasteiger charge is -1.94. The third-order valence-corrected chi connectivity index (χ3v) is 1.91. The maximum atomic E-state index is 10.8. The molecule has 0 saturated heterocycles. The average molecular weight is 212 g/mol. The quantitative estimate of drug-likeness (QED) is 0.539. The Kier molecular flexibility index (Phi) is 3.37. The molecule has 0 aliphatic rings. The molecule has 0 bridgehead atoms. The van der Waals surface area contributed by atoms with E-state index >= 15 is 0 Å². The molecule has 7 heteroatoms. The summed E-state index contributed by atoms with van der Waals surface area (Å²) in [6.45, 7) is 1.90. The number of hydrogen-bond donors (Lipinski definition) is 2. The van der Waals surface area contributed by atoms with Gasteiger partial charge < -0.3 is 5.73 Å². The van der Waals surface area contributed by atoms with Crippen LogP contribution in [0.5, 0.6) is 0 Å². The first-order valence-corrected chi connectivity index (χ1v) is 4.55. The first-order valence-electron chi connectivity index (χ1n) is 4.55. The lowest BCUT2D eigenvalue weighted by Crippen LogP contribution is -2.14. The van der Waals surface area contributed by atoms with Gasteiger partial charge in [0.05, 0.1) is 11.3 Å². The molecule has 0 aromatic carbocycles. The van der Waals surface area contributed by atoms with Gasteiger partial charge in [0.15, 0.2) is 0 Å². The van der Waals surface area contributed by atoms with E-state index in [2.05, 4.69) is 10.2 Å². The number of nitrogens with two attached hydrogens (primary N) is 1. The Bertz CT molecular complexity index is 385. The number of carbonyl (C=O) groups is 1. The van der Waals surface area contributed by atoms with Gasteiger partial charge in [-0.1, -0.05) is 13.3 Å². The highest BCUT2D eigenvalue weighted by Gasteiger charge is 2.24. The summed E-state index contributed by atoms with van der Waals surface area (Å²) in [4.78, 5) is 20.9. The van der Waals surface area contributed by atoms with Crippen LogP contribution in [0.15, 0.2) is 0 Å². The molecule has 0 aliphatic carbocycles. The van der Waals surface area contributed by atoms with Crippen molar-refractivity contribution < 1.29 is 9.72 Å². The van der Waals surface area contributed by atoms with Gasteiger partial charge >= 0.3 is 5.69 Å². The highest BCUT2D eigenvalue weighted by molar-refractivity contribution is 5.77. The zero-order valence-electron chi connectivity index (χ0n) is 8.32. The fraction of sp³-hybridized carbons (Fsp3) is 0.500. The van der Waals surface area contributed by atoms with Crippen molar-refractivity contribution in [3.05, 3.63) is 21.5 Å². The van der Waals surface area contributed by atoms with Crippen LogP contribution in [0.3, 0.4) is 0 Å². The smallest absolute Gasteiger partial charge is 0.313 e. The number of aromatic nitrogens is 2. The Morgan fingerprint density at radius 3 is 2.80 bits per heavy atom. The third kappa shape index (κ3) is 2.52. The SMILES string of the molecule is CCCc1n[nH]c(CC(N)=O)c1[N+](=O)[O-]. The topological polar surface area (TPSA) is 115 Å². The normalized spacial score (nSPS) is 10.2. The number of carbonyl (C=O) groups excluding carboxylic acids is 1. The van der Waals surface area contributed by atoms with E-state index in [1.54, 1.807) is 0 Å². The predicted octanol–water partition coefficient (Wildman–Crippen LogP) is 0.298. The zero-order chi connectivity index (χ0) is 11.4. The standard InChI is InChI=1S/C8H12N4O3/c1-2-3-5-8(12(14)15)6(11-10-5)4-7(9)13/h2-4H2,1H3,(H2,9,13)(H,10,11). The molecule has 82 valence electrons. The molecule has 1 heterocycles. The van der Waals surface area contributed by atoms with Crippen molar-refractivity contribution in [3.63, 3.8) is 0 Å². The molecule has 0 atom stereocenters. The number of amides is 1. The Hall–Kier alpha value is -1.92. The number of rotatable bonds is 5. The molecule has 0 spiro atoms. The summed E-state index contributed by atoms with van der Waals surface area (Å²) in [5, 5.41) is 17.0. The maximum absolute atomic E-state index is 10.8. The summed E-state index contributed by atoms with van der Waals surface area (Å²) in [6, 6.07) is 0. The monoisotopic (exact) mass is 212 g/mol.